The number of aromatic nitrogens is 1. The second-order valence-corrected chi connectivity index (χ2v) is 9.57. The molecule has 136 valence electrons. The predicted octanol–water partition coefficient (Wildman–Crippen LogP) is 4.08. The topological polar surface area (TPSA) is 68.5 Å². The van der Waals surface area contributed by atoms with Crippen molar-refractivity contribution in [3.8, 4) is 0 Å². The molecule has 0 atom stereocenters. The summed E-state index contributed by atoms with van der Waals surface area (Å²) in [5.41, 5.74) is 0.902. The summed E-state index contributed by atoms with van der Waals surface area (Å²) in [6.07, 6.45) is 0. The summed E-state index contributed by atoms with van der Waals surface area (Å²) in [5.74, 6) is -0.561. The smallest absolute Gasteiger partial charge is 0.279 e. The number of aryl methyl sites for hydroxylation is 1. The molecule has 0 spiro atoms. The van der Waals surface area contributed by atoms with Gasteiger partial charge in [0.25, 0.3) is 5.91 Å². The van der Waals surface area contributed by atoms with E-state index in [1.165, 1.54) is 35.6 Å². The first-order chi connectivity index (χ1) is 12.2. The lowest BCUT2D eigenvalue weighted by atomic mass is 10.2. The van der Waals surface area contributed by atoms with Gasteiger partial charge in [-0.05, 0) is 30.3 Å². The van der Waals surface area contributed by atoms with E-state index in [1.807, 2.05) is 6.07 Å². The average molecular weight is 429 g/mol. The lowest BCUT2D eigenvalue weighted by molar-refractivity contribution is 0.0997. The van der Waals surface area contributed by atoms with E-state index in [1.54, 1.807) is 24.6 Å². The van der Waals surface area contributed by atoms with Crippen molar-refractivity contribution in [3.63, 3.8) is 0 Å². The van der Waals surface area contributed by atoms with Crippen molar-refractivity contribution in [1.82, 2.24) is 4.57 Å². The van der Waals surface area contributed by atoms with E-state index in [-0.39, 0.29) is 16.2 Å². The Kier molecular flexibility index (Phi) is 5.25. The molecule has 0 unspecified atom stereocenters. The van der Waals surface area contributed by atoms with Crippen LogP contribution in [0, 0.1) is 0 Å². The second-order valence-electron chi connectivity index (χ2n) is 5.50. The molecular weight excluding hydrogens is 415 g/mol. The Hall–Kier alpha value is -1.67. The molecule has 1 aromatic heterocycles. The number of thiazole rings is 1. The van der Waals surface area contributed by atoms with Crippen LogP contribution >= 0.6 is 34.5 Å². The maximum absolute atomic E-state index is 12.5. The number of hydrogen-bond donors (Lipinski definition) is 0. The van der Waals surface area contributed by atoms with Crippen LogP contribution in [0.1, 0.15) is 17.3 Å². The van der Waals surface area contributed by atoms with Gasteiger partial charge in [0.05, 0.1) is 30.9 Å². The number of halogens is 2. The molecule has 0 N–H and O–H groups in total. The molecular formula is C17H14Cl2N2O3S2. The molecule has 2 aromatic carbocycles. The number of hydrogen-bond acceptors (Lipinski definition) is 4. The number of rotatable bonds is 3. The summed E-state index contributed by atoms with van der Waals surface area (Å²) in [4.78, 5) is 17.2. The normalized spacial score (nSPS) is 12.7. The Balaban J connectivity index is 2.11. The summed E-state index contributed by atoms with van der Waals surface area (Å²) >= 11 is 13.6. The molecule has 1 heterocycles. The highest BCUT2D eigenvalue weighted by molar-refractivity contribution is 7.91. The lowest BCUT2D eigenvalue weighted by Gasteiger charge is -2.03. The molecule has 0 saturated carbocycles. The van der Waals surface area contributed by atoms with Crippen LogP contribution < -0.4 is 4.80 Å². The Morgan fingerprint density at radius 3 is 2.65 bits per heavy atom. The number of amides is 1. The Morgan fingerprint density at radius 1 is 1.23 bits per heavy atom. The molecule has 3 rings (SSSR count). The van der Waals surface area contributed by atoms with Gasteiger partial charge in [-0.25, -0.2) is 8.42 Å². The molecule has 0 aliphatic heterocycles. The Labute approximate surface area is 164 Å². The first-order valence-electron chi connectivity index (χ1n) is 7.60. The van der Waals surface area contributed by atoms with Crippen LogP contribution in [0.4, 0.5) is 0 Å². The van der Waals surface area contributed by atoms with Gasteiger partial charge in [-0.1, -0.05) is 47.5 Å². The van der Waals surface area contributed by atoms with Crippen molar-refractivity contribution in [2.24, 2.45) is 12.0 Å². The molecule has 0 bridgehead atoms. The van der Waals surface area contributed by atoms with Crippen molar-refractivity contribution >= 4 is 60.5 Å². The van der Waals surface area contributed by atoms with Crippen LogP contribution in [-0.4, -0.2) is 24.6 Å². The summed E-state index contributed by atoms with van der Waals surface area (Å²) < 4.78 is 26.5. The zero-order valence-electron chi connectivity index (χ0n) is 13.9. The number of fused-ring (bicyclic) bond motifs is 1. The Bertz CT molecular complexity index is 1190. The third-order valence-electron chi connectivity index (χ3n) is 3.87. The van der Waals surface area contributed by atoms with Gasteiger partial charge in [0.15, 0.2) is 14.6 Å². The predicted molar refractivity (Wildman–Crippen MR) is 105 cm³/mol. The lowest BCUT2D eigenvalue weighted by Crippen LogP contribution is -2.14. The largest absolute Gasteiger partial charge is 0.318 e. The van der Waals surface area contributed by atoms with Crippen LogP contribution in [0.5, 0.6) is 0 Å². The van der Waals surface area contributed by atoms with Crippen molar-refractivity contribution < 1.29 is 13.2 Å². The highest BCUT2D eigenvalue weighted by Crippen LogP contribution is 2.31. The molecule has 5 nitrogen and oxygen atoms in total. The minimum absolute atomic E-state index is 0.0354. The first kappa shape index (κ1) is 19.1. The SMILES string of the molecule is CCS(=O)(=O)c1cccc(C(=O)N=c2sc3ccc(Cl)c(Cl)c3n2C)c1. The van der Waals surface area contributed by atoms with Crippen LogP contribution in [0.2, 0.25) is 10.0 Å². The fraction of sp³-hybridized carbons (Fsp3) is 0.176. The minimum Gasteiger partial charge on any atom is -0.318 e. The van der Waals surface area contributed by atoms with Crippen molar-refractivity contribution in [1.29, 1.82) is 0 Å². The molecule has 0 fully saturated rings. The third-order valence-corrected chi connectivity index (χ3v) is 7.50. The maximum atomic E-state index is 12.5. The van der Waals surface area contributed by atoms with Crippen molar-refractivity contribution in [3.05, 3.63) is 56.8 Å². The minimum atomic E-state index is -3.39. The monoisotopic (exact) mass is 428 g/mol. The van der Waals surface area contributed by atoms with E-state index in [4.69, 9.17) is 23.2 Å². The molecule has 9 heteroatoms. The Morgan fingerprint density at radius 2 is 1.96 bits per heavy atom. The van der Waals surface area contributed by atoms with Crippen molar-refractivity contribution in [2.45, 2.75) is 11.8 Å². The van der Waals surface area contributed by atoms with Gasteiger partial charge in [0.1, 0.15) is 0 Å². The molecule has 0 aliphatic carbocycles. The van der Waals surface area contributed by atoms with E-state index in [0.29, 0.717) is 20.4 Å². The van der Waals surface area contributed by atoms with E-state index >= 15 is 0 Å². The van der Waals surface area contributed by atoms with Gasteiger partial charge in [-0.3, -0.25) is 4.79 Å². The standard InChI is InChI=1S/C17H14Cl2N2O3S2/c1-3-26(23,24)11-6-4-5-10(9-11)16(22)20-17-21(2)15-13(25-17)8-7-12(18)14(15)19/h4-9H,3H2,1-2H3. The molecule has 0 saturated heterocycles. The van der Waals surface area contributed by atoms with Crippen LogP contribution in [0.3, 0.4) is 0 Å². The number of sulfone groups is 1. The highest BCUT2D eigenvalue weighted by atomic mass is 35.5. The summed E-state index contributed by atoms with van der Waals surface area (Å²) in [6, 6.07) is 9.39. The second kappa shape index (κ2) is 7.15. The van der Waals surface area contributed by atoms with E-state index < -0.39 is 15.7 Å². The quantitative estimate of drug-likeness (QED) is 0.630. The molecule has 0 aliphatic rings. The van der Waals surface area contributed by atoms with Crippen LogP contribution in [0.25, 0.3) is 10.2 Å². The third kappa shape index (κ3) is 3.44. The fourth-order valence-electron chi connectivity index (χ4n) is 2.42. The number of carbonyl (C=O) groups excluding carboxylic acids is 1. The van der Waals surface area contributed by atoms with E-state index in [9.17, 15) is 13.2 Å². The molecule has 1 amide bonds. The molecule has 0 radical (unpaired) electrons. The summed E-state index contributed by atoms with van der Waals surface area (Å²) in [7, 11) is -1.65. The summed E-state index contributed by atoms with van der Waals surface area (Å²) in [6.45, 7) is 1.56. The van der Waals surface area contributed by atoms with Gasteiger partial charge in [0, 0.05) is 12.6 Å². The van der Waals surface area contributed by atoms with Gasteiger partial charge < -0.3 is 4.57 Å². The first-order valence-corrected chi connectivity index (χ1v) is 10.8. The van der Waals surface area contributed by atoms with E-state index in [2.05, 4.69) is 4.99 Å². The van der Waals surface area contributed by atoms with Gasteiger partial charge >= 0.3 is 0 Å². The van der Waals surface area contributed by atoms with Crippen LogP contribution in [-0.2, 0) is 16.9 Å². The number of benzene rings is 2. The van der Waals surface area contributed by atoms with E-state index in [0.717, 1.165) is 4.70 Å². The summed E-state index contributed by atoms with van der Waals surface area (Å²) in [5, 5.41) is 0.816. The van der Waals surface area contributed by atoms with Crippen LogP contribution in [0.15, 0.2) is 46.3 Å². The average Bonchev–Trinajstić information content (AvgIpc) is 2.94. The highest BCUT2D eigenvalue weighted by Gasteiger charge is 2.15. The maximum Gasteiger partial charge on any atom is 0.279 e. The zero-order chi connectivity index (χ0) is 19.1. The fourth-order valence-corrected chi connectivity index (χ4v) is 4.87. The van der Waals surface area contributed by atoms with Gasteiger partial charge in [-0.15, -0.1) is 0 Å². The van der Waals surface area contributed by atoms with Gasteiger partial charge in [-0.2, -0.15) is 4.99 Å². The molecule has 3 aromatic rings. The van der Waals surface area contributed by atoms with Crippen molar-refractivity contribution in [2.75, 3.05) is 5.75 Å². The number of carbonyl (C=O) groups is 1. The van der Waals surface area contributed by atoms with Gasteiger partial charge in [0.2, 0.25) is 0 Å². The molecule has 26 heavy (non-hydrogen) atoms. The zero-order valence-corrected chi connectivity index (χ0v) is 17.0. The number of nitrogens with zero attached hydrogens (tertiary/aromatic N) is 2.